The zero-order valence-corrected chi connectivity index (χ0v) is 16.4. The van der Waals surface area contributed by atoms with Crippen LogP contribution in [0.25, 0.3) is 0 Å². The van der Waals surface area contributed by atoms with Crippen molar-refractivity contribution in [1.29, 1.82) is 0 Å². The van der Waals surface area contributed by atoms with Gasteiger partial charge < -0.3 is 21.1 Å². The van der Waals surface area contributed by atoms with Crippen molar-refractivity contribution in [3.8, 4) is 5.75 Å². The first-order valence-electron chi connectivity index (χ1n) is 9.52. The van der Waals surface area contributed by atoms with Crippen molar-refractivity contribution in [1.82, 2.24) is 4.90 Å². The summed E-state index contributed by atoms with van der Waals surface area (Å²) in [5.41, 5.74) is 8.15. The molecule has 4 N–H and O–H groups in total. The van der Waals surface area contributed by atoms with E-state index in [4.69, 9.17) is 5.73 Å². The number of nitrogens with one attached hydrogen (secondary N) is 1. The highest BCUT2D eigenvalue weighted by Gasteiger charge is 2.27. The first-order valence-corrected chi connectivity index (χ1v) is 10.3. The monoisotopic (exact) mass is 400 g/mol. The summed E-state index contributed by atoms with van der Waals surface area (Å²) in [6.07, 6.45) is 2.86. The van der Waals surface area contributed by atoms with Gasteiger partial charge in [-0.2, -0.15) is 0 Å². The Balaban J connectivity index is 1.33. The number of carbonyl (C=O) groups is 2. The van der Waals surface area contributed by atoms with Crippen LogP contribution in [0.15, 0.2) is 24.3 Å². The van der Waals surface area contributed by atoms with Crippen LogP contribution < -0.4 is 16.0 Å². The van der Waals surface area contributed by atoms with E-state index in [0.29, 0.717) is 17.1 Å². The molecule has 1 aromatic heterocycles. The summed E-state index contributed by atoms with van der Waals surface area (Å²) < 4.78 is 0. The summed E-state index contributed by atoms with van der Waals surface area (Å²) in [6.45, 7) is 3.48. The number of amides is 2. The van der Waals surface area contributed by atoms with E-state index >= 15 is 0 Å². The van der Waals surface area contributed by atoms with Gasteiger partial charge in [-0.15, -0.1) is 11.3 Å². The summed E-state index contributed by atoms with van der Waals surface area (Å²) in [4.78, 5) is 29.9. The van der Waals surface area contributed by atoms with Gasteiger partial charge in [-0.05, 0) is 49.1 Å². The van der Waals surface area contributed by atoms with E-state index in [2.05, 4.69) is 15.1 Å². The minimum atomic E-state index is -0.461. The number of phenolic OH excluding ortho intramolecular Hbond substituents is 1. The highest BCUT2D eigenvalue weighted by Crippen LogP contribution is 2.38. The molecule has 4 rings (SSSR count). The highest BCUT2D eigenvalue weighted by molar-refractivity contribution is 7.17. The number of thiophene rings is 1. The van der Waals surface area contributed by atoms with Crippen molar-refractivity contribution in [2.45, 2.75) is 19.3 Å². The quantitative estimate of drug-likeness (QED) is 0.711. The Hall–Kier alpha value is -2.58. The number of phenols is 1. The minimum absolute atomic E-state index is 0.111. The van der Waals surface area contributed by atoms with E-state index in [9.17, 15) is 14.7 Å². The lowest BCUT2D eigenvalue weighted by Gasteiger charge is -2.35. The Morgan fingerprint density at radius 1 is 1.11 bits per heavy atom. The van der Waals surface area contributed by atoms with Gasteiger partial charge in [-0.25, -0.2) is 0 Å². The predicted molar refractivity (Wildman–Crippen MR) is 110 cm³/mol. The molecular weight excluding hydrogens is 376 g/mol. The second kappa shape index (κ2) is 7.81. The van der Waals surface area contributed by atoms with Crippen LogP contribution in [0.3, 0.4) is 0 Å². The fraction of sp³-hybridized carbons (Fsp3) is 0.400. The summed E-state index contributed by atoms with van der Waals surface area (Å²) >= 11 is 1.49. The number of fused-ring (bicyclic) bond motifs is 1. The van der Waals surface area contributed by atoms with Gasteiger partial charge in [0.05, 0.1) is 12.1 Å². The van der Waals surface area contributed by atoms with E-state index in [-0.39, 0.29) is 11.7 Å². The lowest BCUT2D eigenvalue weighted by molar-refractivity contribution is -0.117. The van der Waals surface area contributed by atoms with Gasteiger partial charge in [0.25, 0.3) is 5.91 Å². The number of carbonyl (C=O) groups excluding carboxylic acids is 2. The molecule has 8 heteroatoms. The molecular formula is C20H24N4O3S. The van der Waals surface area contributed by atoms with Gasteiger partial charge in [0.15, 0.2) is 0 Å². The summed E-state index contributed by atoms with van der Waals surface area (Å²) in [7, 11) is 0. The van der Waals surface area contributed by atoms with Gasteiger partial charge in [0.2, 0.25) is 5.91 Å². The van der Waals surface area contributed by atoms with Gasteiger partial charge in [-0.3, -0.25) is 14.5 Å². The second-order valence-corrected chi connectivity index (χ2v) is 8.36. The number of nitrogens with zero attached hydrogens (tertiary/aromatic N) is 2. The molecule has 0 unspecified atom stereocenters. The number of rotatable bonds is 5. The number of piperazine rings is 1. The third-order valence-electron chi connectivity index (χ3n) is 5.38. The number of nitrogens with two attached hydrogens (primary N) is 1. The standard InChI is InChI=1S/C20H24N4O3S/c21-19(27)18-15-2-1-3-16(15)28-20(18)22-17(26)12-23-8-10-24(11-9-23)13-4-6-14(25)7-5-13/h4-7,25H,1-3,8-12H2,(H2,21,27)(H,22,26). The Bertz CT molecular complexity index is 886. The van der Waals surface area contributed by atoms with Crippen molar-refractivity contribution < 1.29 is 14.7 Å². The Labute approximate surface area is 167 Å². The Morgan fingerprint density at radius 2 is 1.82 bits per heavy atom. The SMILES string of the molecule is NC(=O)c1c(NC(=O)CN2CCN(c3ccc(O)cc3)CC2)sc2c1CCC2. The molecule has 1 aliphatic heterocycles. The van der Waals surface area contributed by atoms with E-state index in [1.165, 1.54) is 16.2 Å². The van der Waals surface area contributed by atoms with Crippen LogP contribution in [0.2, 0.25) is 0 Å². The van der Waals surface area contributed by atoms with Crippen molar-refractivity contribution in [2.24, 2.45) is 5.73 Å². The van der Waals surface area contributed by atoms with Crippen molar-refractivity contribution in [2.75, 3.05) is 42.9 Å². The third-order valence-corrected chi connectivity index (χ3v) is 6.58. The Morgan fingerprint density at radius 3 is 2.50 bits per heavy atom. The smallest absolute Gasteiger partial charge is 0.251 e. The number of hydrogen-bond donors (Lipinski definition) is 3. The molecule has 2 aromatic rings. The molecule has 2 amide bonds. The van der Waals surface area contributed by atoms with Crippen LogP contribution in [0.1, 0.15) is 27.2 Å². The van der Waals surface area contributed by atoms with Crippen LogP contribution in [-0.4, -0.2) is 54.5 Å². The normalized spacial score (nSPS) is 16.8. The largest absolute Gasteiger partial charge is 0.508 e. The Kier molecular flexibility index (Phi) is 5.23. The molecule has 0 spiro atoms. The van der Waals surface area contributed by atoms with Crippen LogP contribution in [0.5, 0.6) is 5.75 Å². The first kappa shape index (κ1) is 18.8. The minimum Gasteiger partial charge on any atom is -0.508 e. The van der Waals surface area contributed by atoms with Gasteiger partial charge in [0.1, 0.15) is 10.8 Å². The van der Waals surface area contributed by atoms with Gasteiger partial charge in [-0.1, -0.05) is 0 Å². The van der Waals surface area contributed by atoms with Gasteiger partial charge in [0, 0.05) is 36.7 Å². The fourth-order valence-electron chi connectivity index (χ4n) is 3.95. The average molecular weight is 401 g/mol. The van der Waals surface area contributed by atoms with Crippen LogP contribution in [-0.2, 0) is 17.6 Å². The molecule has 1 saturated heterocycles. The number of anilines is 2. The maximum atomic E-state index is 12.5. The zero-order valence-electron chi connectivity index (χ0n) is 15.6. The van der Waals surface area contributed by atoms with Crippen molar-refractivity contribution >= 4 is 33.8 Å². The van der Waals surface area contributed by atoms with Crippen LogP contribution in [0.4, 0.5) is 10.7 Å². The molecule has 1 fully saturated rings. The maximum Gasteiger partial charge on any atom is 0.251 e. The van der Waals surface area contributed by atoms with E-state index in [0.717, 1.165) is 56.7 Å². The van der Waals surface area contributed by atoms with Crippen molar-refractivity contribution in [3.63, 3.8) is 0 Å². The van der Waals surface area contributed by atoms with E-state index in [1.54, 1.807) is 12.1 Å². The molecule has 2 aliphatic rings. The molecule has 1 aliphatic carbocycles. The second-order valence-electron chi connectivity index (χ2n) is 7.25. The molecule has 0 radical (unpaired) electrons. The molecule has 0 saturated carbocycles. The maximum absolute atomic E-state index is 12.5. The number of primary amides is 1. The molecule has 0 atom stereocenters. The zero-order chi connectivity index (χ0) is 19.7. The summed E-state index contributed by atoms with van der Waals surface area (Å²) in [5.74, 6) is -0.313. The predicted octanol–water partition coefficient (Wildman–Crippen LogP) is 1.80. The number of hydrogen-bond acceptors (Lipinski definition) is 6. The molecule has 0 bridgehead atoms. The fourth-order valence-corrected chi connectivity index (χ4v) is 5.26. The number of benzene rings is 1. The first-order chi connectivity index (χ1) is 13.5. The average Bonchev–Trinajstić information content (AvgIpc) is 3.23. The van der Waals surface area contributed by atoms with E-state index in [1.807, 2.05) is 12.1 Å². The lowest BCUT2D eigenvalue weighted by atomic mass is 10.1. The topological polar surface area (TPSA) is 98.9 Å². The molecule has 28 heavy (non-hydrogen) atoms. The highest BCUT2D eigenvalue weighted by atomic mass is 32.1. The lowest BCUT2D eigenvalue weighted by Crippen LogP contribution is -2.48. The van der Waals surface area contributed by atoms with Crippen molar-refractivity contribution in [3.05, 3.63) is 40.3 Å². The number of aromatic hydroxyl groups is 1. The summed E-state index contributed by atoms with van der Waals surface area (Å²) in [6, 6.07) is 7.17. The van der Waals surface area contributed by atoms with Crippen LogP contribution in [0, 0.1) is 0 Å². The third kappa shape index (κ3) is 3.83. The molecule has 1 aromatic carbocycles. The van der Waals surface area contributed by atoms with Crippen LogP contribution >= 0.6 is 11.3 Å². The van der Waals surface area contributed by atoms with E-state index < -0.39 is 5.91 Å². The number of aryl methyl sites for hydroxylation is 1. The molecule has 2 heterocycles. The van der Waals surface area contributed by atoms with Gasteiger partial charge >= 0.3 is 0 Å². The summed E-state index contributed by atoms with van der Waals surface area (Å²) in [5, 5.41) is 12.9. The molecule has 7 nitrogen and oxygen atoms in total. The molecule has 148 valence electrons.